The first kappa shape index (κ1) is 15.1. The molecule has 17 heavy (non-hydrogen) atoms. The Labute approximate surface area is 107 Å². The number of rotatable bonds is 9. The van der Waals surface area contributed by atoms with Crippen LogP contribution in [0, 0.1) is 5.92 Å². The fourth-order valence-electron chi connectivity index (χ4n) is 1.72. The SMILES string of the molecule is CCCNC(CS(=O)CCS(C)(=O)=O)C1CC1. The second-order valence-electron chi connectivity index (χ2n) is 4.84. The maximum absolute atomic E-state index is 11.8. The summed E-state index contributed by atoms with van der Waals surface area (Å²) in [6.07, 6.45) is 4.69. The van der Waals surface area contributed by atoms with E-state index in [0.29, 0.717) is 17.7 Å². The highest BCUT2D eigenvalue weighted by Gasteiger charge is 2.31. The Morgan fingerprint density at radius 1 is 1.41 bits per heavy atom. The highest BCUT2D eigenvalue weighted by Crippen LogP contribution is 2.33. The number of hydrogen-bond acceptors (Lipinski definition) is 4. The van der Waals surface area contributed by atoms with Crippen LogP contribution in [0.3, 0.4) is 0 Å². The molecule has 0 aromatic carbocycles. The standard InChI is InChI=1S/C11H23NO3S2/c1-3-6-12-11(10-4-5-10)9-16(13)7-8-17(2,14)15/h10-12H,3-9H2,1-2H3. The maximum atomic E-state index is 11.8. The molecule has 1 aliphatic carbocycles. The predicted molar refractivity (Wildman–Crippen MR) is 72.4 cm³/mol. The summed E-state index contributed by atoms with van der Waals surface area (Å²) < 4.78 is 33.8. The van der Waals surface area contributed by atoms with E-state index in [-0.39, 0.29) is 11.5 Å². The van der Waals surface area contributed by atoms with Gasteiger partial charge in [0.2, 0.25) is 0 Å². The van der Waals surface area contributed by atoms with Gasteiger partial charge in [0.05, 0.1) is 5.75 Å². The van der Waals surface area contributed by atoms with E-state index in [1.807, 2.05) is 0 Å². The highest BCUT2D eigenvalue weighted by molar-refractivity contribution is 7.92. The van der Waals surface area contributed by atoms with Crippen molar-refractivity contribution < 1.29 is 12.6 Å². The minimum Gasteiger partial charge on any atom is -0.313 e. The van der Waals surface area contributed by atoms with Gasteiger partial charge in [-0.2, -0.15) is 0 Å². The van der Waals surface area contributed by atoms with Gasteiger partial charge < -0.3 is 5.32 Å². The van der Waals surface area contributed by atoms with E-state index >= 15 is 0 Å². The van der Waals surface area contributed by atoms with Gasteiger partial charge in [-0.1, -0.05) is 6.92 Å². The summed E-state index contributed by atoms with van der Waals surface area (Å²) in [5.41, 5.74) is 0. The van der Waals surface area contributed by atoms with Crippen LogP contribution in [0.5, 0.6) is 0 Å². The Balaban J connectivity index is 2.31. The van der Waals surface area contributed by atoms with Crippen LogP contribution in [0.1, 0.15) is 26.2 Å². The van der Waals surface area contributed by atoms with E-state index in [1.54, 1.807) is 0 Å². The zero-order valence-corrected chi connectivity index (χ0v) is 12.3. The smallest absolute Gasteiger partial charge is 0.148 e. The Kier molecular flexibility index (Phi) is 6.09. The van der Waals surface area contributed by atoms with Crippen LogP contribution in [-0.2, 0) is 20.6 Å². The molecule has 2 atom stereocenters. The number of nitrogens with one attached hydrogen (secondary N) is 1. The average molecular weight is 281 g/mol. The van der Waals surface area contributed by atoms with Crippen LogP contribution in [-0.4, -0.2) is 48.7 Å². The topological polar surface area (TPSA) is 63.2 Å². The fourth-order valence-corrected chi connectivity index (χ4v) is 4.63. The summed E-state index contributed by atoms with van der Waals surface area (Å²) in [7, 11) is -4.01. The minimum atomic E-state index is -2.99. The van der Waals surface area contributed by atoms with E-state index in [2.05, 4.69) is 12.2 Å². The summed E-state index contributed by atoms with van der Waals surface area (Å²) in [5.74, 6) is 1.56. The lowest BCUT2D eigenvalue weighted by molar-refractivity contribution is 0.498. The second kappa shape index (κ2) is 6.85. The first-order valence-electron chi connectivity index (χ1n) is 6.18. The van der Waals surface area contributed by atoms with Gasteiger partial charge in [0.25, 0.3) is 0 Å². The zero-order chi connectivity index (χ0) is 12.9. The summed E-state index contributed by atoms with van der Waals surface area (Å²) in [4.78, 5) is 0. The summed E-state index contributed by atoms with van der Waals surface area (Å²) in [5, 5.41) is 3.42. The largest absolute Gasteiger partial charge is 0.313 e. The molecule has 0 heterocycles. The Morgan fingerprint density at radius 2 is 2.06 bits per heavy atom. The second-order valence-corrected chi connectivity index (χ2v) is 8.72. The van der Waals surface area contributed by atoms with Crippen LogP contribution >= 0.6 is 0 Å². The van der Waals surface area contributed by atoms with Crippen molar-refractivity contribution in [2.24, 2.45) is 5.92 Å². The zero-order valence-electron chi connectivity index (χ0n) is 10.6. The third-order valence-corrected chi connectivity index (χ3v) is 5.49. The average Bonchev–Trinajstić information content (AvgIpc) is 3.04. The lowest BCUT2D eigenvalue weighted by Gasteiger charge is -2.17. The van der Waals surface area contributed by atoms with Gasteiger partial charge in [0.15, 0.2) is 0 Å². The van der Waals surface area contributed by atoms with Crippen molar-refractivity contribution in [3.05, 3.63) is 0 Å². The molecule has 0 saturated heterocycles. The highest BCUT2D eigenvalue weighted by atomic mass is 32.2. The molecular formula is C11H23NO3S2. The molecule has 0 radical (unpaired) electrons. The predicted octanol–water partition coefficient (Wildman–Crippen LogP) is 0.558. The molecule has 0 bridgehead atoms. The lowest BCUT2D eigenvalue weighted by atomic mass is 10.2. The van der Waals surface area contributed by atoms with Gasteiger partial charge in [-0.25, -0.2) is 8.42 Å². The van der Waals surface area contributed by atoms with Crippen LogP contribution in [0.25, 0.3) is 0 Å². The lowest BCUT2D eigenvalue weighted by Crippen LogP contribution is -2.37. The van der Waals surface area contributed by atoms with Gasteiger partial charge in [-0.05, 0) is 31.7 Å². The van der Waals surface area contributed by atoms with E-state index < -0.39 is 20.6 Å². The molecule has 1 saturated carbocycles. The van der Waals surface area contributed by atoms with Crippen LogP contribution in [0.4, 0.5) is 0 Å². The van der Waals surface area contributed by atoms with Gasteiger partial charge in [-0.3, -0.25) is 4.21 Å². The molecule has 6 heteroatoms. The van der Waals surface area contributed by atoms with Crippen LogP contribution in [0.2, 0.25) is 0 Å². The Hall–Kier alpha value is 0.0600. The van der Waals surface area contributed by atoms with Gasteiger partial charge in [-0.15, -0.1) is 0 Å². The van der Waals surface area contributed by atoms with Crippen molar-refractivity contribution in [1.29, 1.82) is 0 Å². The van der Waals surface area contributed by atoms with Crippen molar-refractivity contribution in [3.63, 3.8) is 0 Å². The van der Waals surface area contributed by atoms with Gasteiger partial charge in [0, 0.05) is 34.6 Å². The molecule has 2 unspecified atom stereocenters. The maximum Gasteiger partial charge on any atom is 0.148 e. The molecule has 1 aliphatic rings. The van der Waals surface area contributed by atoms with Crippen molar-refractivity contribution in [2.45, 2.75) is 32.2 Å². The molecule has 0 aliphatic heterocycles. The van der Waals surface area contributed by atoms with Gasteiger partial charge in [0.1, 0.15) is 9.84 Å². The molecule has 1 rings (SSSR count). The molecule has 102 valence electrons. The summed E-state index contributed by atoms with van der Waals surface area (Å²) in [6.45, 7) is 3.06. The molecular weight excluding hydrogens is 258 g/mol. The Morgan fingerprint density at radius 3 is 2.53 bits per heavy atom. The van der Waals surface area contributed by atoms with E-state index in [9.17, 15) is 12.6 Å². The first-order chi connectivity index (χ1) is 7.92. The summed E-state index contributed by atoms with van der Waals surface area (Å²) >= 11 is 0. The van der Waals surface area contributed by atoms with Gasteiger partial charge >= 0.3 is 0 Å². The van der Waals surface area contributed by atoms with Crippen molar-refractivity contribution in [2.75, 3.05) is 30.1 Å². The number of sulfone groups is 1. The van der Waals surface area contributed by atoms with E-state index in [0.717, 1.165) is 13.0 Å². The van der Waals surface area contributed by atoms with Crippen LogP contribution in [0.15, 0.2) is 0 Å². The molecule has 4 nitrogen and oxygen atoms in total. The monoisotopic (exact) mass is 281 g/mol. The Bertz CT molecular complexity index is 350. The normalized spacial score (nSPS) is 20.1. The van der Waals surface area contributed by atoms with Crippen molar-refractivity contribution in [1.82, 2.24) is 5.32 Å². The molecule has 0 amide bonds. The first-order valence-corrected chi connectivity index (χ1v) is 9.73. The van der Waals surface area contributed by atoms with E-state index in [4.69, 9.17) is 0 Å². The number of hydrogen-bond donors (Lipinski definition) is 1. The third kappa shape index (κ3) is 7.16. The fraction of sp³-hybridized carbons (Fsp3) is 1.00. The molecule has 0 aromatic rings. The molecule has 1 fully saturated rings. The molecule has 1 N–H and O–H groups in total. The summed E-state index contributed by atoms with van der Waals surface area (Å²) in [6, 6.07) is 0.315. The molecule has 0 aromatic heterocycles. The minimum absolute atomic E-state index is 0.0325. The van der Waals surface area contributed by atoms with Crippen molar-refractivity contribution in [3.8, 4) is 0 Å². The molecule has 0 spiro atoms. The quantitative estimate of drug-likeness (QED) is 0.671. The van der Waals surface area contributed by atoms with Crippen molar-refractivity contribution >= 4 is 20.6 Å². The van der Waals surface area contributed by atoms with Crippen LogP contribution < -0.4 is 5.32 Å². The third-order valence-electron chi connectivity index (χ3n) is 2.89. The van der Waals surface area contributed by atoms with E-state index in [1.165, 1.54) is 19.1 Å².